The molecule has 6 nitrogen and oxygen atoms in total. The van der Waals surface area contributed by atoms with Crippen LogP contribution in [0.5, 0.6) is 0 Å². The minimum Gasteiger partial charge on any atom is -0.349 e. The summed E-state index contributed by atoms with van der Waals surface area (Å²) in [6.45, 7) is 2.44. The normalized spacial score (nSPS) is 16.2. The molecule has 1 heterocycles. The second-order valence-corrected chi connectivity index (χ2v) is 9.48. The van der Waals surface area contributed by atoms with E-state index >= 15 is 0 Å². The highest BCUT2D eigenvalue weighted by Crippen LogP contribution is 2.18. The summed E-state index contributed by atoms with van der Waals surface area (Å²) in [5.41, 5.74) is 1.67. The molecule has 7 heteroatoms. The molecule has 1 N–H and O–H groups in total. The van der Waals surface area contributed by atoms with E-state index in [4.69, 9.17) is 0 Å². The summed E-state index contributed by atoms with van der Waals surface area (Å²) in [5, 5.41) is 3.11. The molecule has 28 heavy (non-hydrogen) atoms. The lowest BCUT2D eigenvalue weighted by Gasteiger charge is -2.32. The van der Waals surface area contributed by atoms with Crippen LogP contribution in [0, 0.1) is 0 Å². The number of amides is 1. The molecule has 1 aliphatic rings. The summed E-state index contributed by atoms with van der Waals surface area (Å²) < 4.78 is 25.9. The Kier molecular flexibility index (Phi) is 6.49. The number of hydrogen-bond donors (Lipinski definition) is 1. The number of carbonyl (C=O) groups is 1. The molecule has 0 saturated carbocycles. The lowest BCUT2D eigenvalue weighted by atomic mass is 10.0. The molecular weight excluding hydrogens is 374 g/mol. The molecule has 150 valence electrons. The summed E-state index contributed by atoms with van der Waals surface area (Å²) in [6, 6.07) is 16.6. The molecule has 3 rings (SSSR count). The molecule has 2 aromatic rings. The summed E-state index contributed by atoms with van der Waals surface area (Å²) in [5.74, 6) is -0.0272. The second-order valence-electron chi connectivity index (χ2n) is 7.32. The SMILES string of the molecule is CN(C)S(=O)(=O)c1cccc(CN2CCC(NC(=O)c3ccccc3)CC2)c1. The fraction of sp³-hybridized carbons (Fsp3) is 0.381. The van der Waals surface area contributed by atoms with Crippen molar-refractivity contribution in [1.29, 1.82) is 0 Å². The van der Waals surface area contributed by atoms with Gasteiger partial charge in [0.15, 0.2) is 0 Å². The van der Waals surface area contributed by atoms with Gasteiger partial charge in [-0.2, -0.15) is 0 Å². The van der Waals surface area contributed by atoms with Gasteiger partial charge in [-0.1, -0.05) is 30.3 Å². The van der Waals surface area contributed by atoms with Crippen molar-refractivity contribution in [3.05, 3.63) is 65.7 Å². The maximum atomic E-state index is 12.3. The number of rotatable bonds is 6. The van der Waals surface area contributed by atoms with Crippen LogP contribution >= 0.6 is 0 Å². The molecule has 0 bridgehead atoms. The molecule has 0 aromatic heterocycles. The van der Waals surface area contributed by atoms with Crippen LogP contribution in [0.15, 0.2) is 59.5 Å². The third-order valence-electron chi connectivity index (χ3n) is 5.04. The molecule has 1 fully saturated rings. The molecule has 0 spiro atoms. The van der Waals surface area contributed by atoms with E-state index in [2.05, 4.69) is 10.2 Å². The minimum atomic E-state index is -3.42. The Bertz CT molecular complexity index is 906. The van der Waals surface area contributed by atoms with Crippen molar-refractivity contribution in [2.75, 3.05) is 27.2 Å². The lowest BCUT2D eigenvalue weighted by molar-refractivity contribution is 0.0909. The van der Waals surface area contributed by atoms with E-state index in [0.29, 0.717) is 17.0 Å². The first kappa shape index (κ1) is 20.5. The summed E-state index contributed by atoms with van der Waals surface area (Å²) in [7, 11) is -0.345. The first-order valence-corrected chi connectivity index (χ1v) is 10.9. The van der Waals surface area contributed by atoms with Crippen molar-refractivity contribution < 1.29 is 13.2 Å². The van der Waals surface area contributed by atoms with Crippen LogP contribution < -0.4 is 5.32 Å². The highest BCUT2D eigenvalue weighted by Gasteiger charge is 2.22. The van der Waals surface area contributed by atoms with Crippen molar-refractivity contribution in [1.82, 2.24) is 14.5 Å². The van der Waals surface area contributed by atoms with Crippen LogP contribution in [0.3, 0.4) is 0 Å². The molecule has 1 saturated heterocycles. The Morgan fingerprint density at radius 3 is 2.39 bits per heavy atom. The van der Waals surface area contributed by atoms with E-state index in [-0.39, 0.29) is 11.9 Å². The van der Waals surface area contributed by atoms with E-state index in [9.17, 15) is 13.2 Å². The first-order chi connectivity index (χ1) is 13.4. The van der Waals surface area contributed by atoms with Crippen molar-refractivity contribution in [2.24, 2.45) is 0 Å². The predicted octanol–water partition coefficient (Wildman–Crippen LogP) is 2.33. The topological polar surface area (TPSA) is 69.7 Å². The average molecular weight is 402 g/mol. The van der Waals surface area contributed by atoms with Gasteiger partial charge in [0.2, 0.25) is 10.0 Å². The van der Waals surface area contributed by atoms with E-state index in [1.54, 1.807) is 18.2 Å². The maximum absolute atomic E-state index is 12.3. The van der Waals surface area contributed by atoms with Gasteiger partial charge in [-0.15, -0.1) is 0 Å². The Hall–Kier alpha value is -2.22. The van der Waals surface area contributed by atoms with Gasteiger partial charge in [0.05, 0.1) is 4.90 Å². The standard InChI is InChI=1S/C21H27N3O3S/c1-23(2)28(26,27)20-10-6-7-17(15-20)16-24-13-11-19(12-14-24)22-21(25)18-8-4-3-5-9-18/h3-10,15,19H,11-14,16H2,1-2H3,(H,22,25). The van der Waals surface area contributed by atoms with E-state index < -0.39 is 10.0 Å². The molecule has 1 amide bonds. The zero-order chi connectivity index (χ0) is 20.1. The smallest absolute Gasteiger partial charge is 0.251 e. The number of nitrogens with one attached hydrogen (secondary N) is 1. The van der Waals surface area contributed by atoms with Gasteiger partial charge < -0.3 is 5.32 Å². The van der Waals surface area contributed by atoms with E-state index in [1.165, 1.54) is 18.4 Å². The number of likely N-dealkylation sites (tertiary alicyclic amines) is 1. The number of nitrogens with zero attached hydrogens (tertiary/aromatic N) is 2. The first-order valence-electron chi connectivity index (χ1n) is 9.46. The highest BCUT2D eigenvalue weighted by atomic mass is 32.2. The Morgan fingerprint density at radius 1 is 1.07 bits per heavy atom. The van der Waals surface area contributed by atoms with Crippen molar-refractivity contribution in [3.63, 3.8) is 0 Å². The van der Waals surface area contributed by atoms with Gasteiger partial charge in [-0.3, -0.25) is 9.69 Å². The van der Waals surface area contributed by atoms with Gasteiger partial charge in [0.25, 0.3) is 5.91 Å². The summed E-state index contributed by atoms with van der Waals surface area (Å²) in [4.78, 5) is 14.9. The largest absolute Gasteiger partial charge is 0.349 e. The fourth-order valence-corrected chi connectivity index (χ4v) is 4.34. The van der Waals surface area contributed by atoms with Crippen molar-refractivity contribution in [2.45, 2.75) is 30.3 Å². The molecule has 0 atom stereocenters. The third kappa shape index (κ3) is 4.98. The third-order valence-corrected chi connectivity index (χ3v) is 6.85. The number of piperidine rings is 1. The summed E-state index contributed by atoms with van der Waals surface area (Å²) >= 11 is 0. The number of hydrogen-bond acceptors (Lipinski definition) is 4. The van der Waals surface area contributed by atoms with Gasteiger partial charge in [0.1, 0.15) is 0 Å². The lowest BCUT2D eigenvalue weighted by Crippen LogP contribution is -2.44. The molecular formula is C21H27N3O3S. The maximum Gasteiger partial charge on any atom is 0.251 e. The molecule has 0 radical (unpaired) electrons. The molecule has 2 aromatic carbocycles. The van der Waals surface area contributed by atoms with Crippen LogP contribution in [0.4, 0.5) is 0 Å². The monoisotopic (exact) mass is 401 g/mol. The van der Waals surface area contributed by atoms with Gasteiger partial charge >= 0.3 is 0 Å². The van der Waals surface area contributed by atoms with Crippen molar-refractivity contribution in [3.8, 4) is 0 Å². The van der Waals surface area contributed by atoms with Crippen LogP contribution in [-0.2, 0) is 16.6 Å². The fourth-order valence-electron chi connectivity index (χ4n) is 3.37. The Labute approximate surface area is 167 Å². The highest BCUT2D eigenvalue weighted by molar-refractivity contribution is 7.89. The van der Waals surface area contributed by atoms with Crippen LogP contribution in [0.1, 0.15) is 28.8 Å². The molecule has 1 aliphatic heterocycles. The number of benzene rings is 2. The average Bonchev–Trinajstić information content (AvgIpc) is 2.70. The van der Waals surface area contributed by atoms with Gasteiger partial charge in [-0.05, 0) is 42.7 Å². The Balaban J connectivity index is 1.54. The predicted molar refractivity (Wildman–Crippen MR) is 110 cm³/mol. The number of sulfonamides is 1. The minimum absolute atomic E-state index is 0.0272. The quantitative estimate of drug-likeness (QED) is 0.807. The zero-order valence-corrected chi connectivity index (χ0v) is 17.2. The molecule has 0 aliphatic carbocycles. The van der Waals surface area contributed by atoms with E-state index in [1.807, 2.05) is 36.4 Å². The van der Waals surface area contributed by atoms with Crippen LogP contribution in [0.2, 0.25) is 0 Å². The number of carbonyl (C=O) groups excluding carboxylic acids is 1. The summed E-state index contributed by atoms with van der Waals surface area (Å²) in [6.07, 6.45) is 1.77. The van der Waals surface area contributed by atoms with E-state index in [0.717, 1.165) is 31.5 Å². The van der Waals surface area contributed by atoms with Gasteiger partial charge in [0, 0.05) is 45.3 Å². The van der Waals surface area contributed by atoms with Crippen LogP contribution in [0.25, 0.3) is 0 Å². The van der Waals surface area contributed by atoms with Crippen LogP contribution in [-0.4, -0.2) is 56.8 Å². The van der Waals surface area contributed by atoms with Crippen molar-refractivity contribution >= 4 is 15.9 Å². The zero-order valence-electron chi connectivity index (χ0n) is 16.3. The molecule has 0 unspecified atom stereocenters. The second kappa shape index (κ2) is 8.86. The van der Waals surface area contributed by atoms with Gasteiger partial charge in [-0.25, -0.2) is 12.7 Å². The Morgan fingerprint density at radius 2 is 1.75 bits per heavy atom.